The Balaban J connectivity index is 0. The van der Waals surface area contributed by atoms with E-state index >= 15 is 0 Å². The SMILES string of the molecule is O=CC(O)C(O)C(O)CO.O=P(O)(O)OP(=O)(O)OP(=O)(O)O. The van der Waals surface area contributed by atoms with Gasteiger partial charge in [-0.3, -0.25) is 0 Å². The van der Waals surface area contributed by atoms with Crippen LogP contribution in [0.25, 0.3) is 0 Å². The fraction of sp³-hybridized carbons (Fsp3) is 0.800. The summed E-state index contributed by atoms with van der Waals surface area (Å²) in [6.07, 6.45) is -4.63. The van der Waals surface area contributed by atoms with E-state index in [-0.39, 0.29) is 6.29 Å². The Hall–Kier alpha value is -0.0800. The van der Waals surface area contributed by atoms with Crippen molar-refractivity contribution in [1.29, 1.82) is 0 Å². The Morgan fingerprint density at radius 3 is 1.43 bits per heavy atom. The molecule has 0 aliphatic rings. The number of rotatable bonds is 8. The molecule has 0 spiro atoms. The van der Waals surface area contributed by atoms with E-state index in [2.05, 4.69) is 8.62 Å². The first-order valence-corrected chi connectivity index (χ1v) is 9.57. The second-order valence-corrected chi connectivity index (χ2v) is 7.69. The van der Waals surface area contributed by atoms with Gasteiger partial charge in [0, 0.05) is 0 Å². The second-order valence-electron chi connectivity index (χ2n) is 3.48. The van der Waals surface area contributed by atoms with E-state index in [0.29, 0.717) is 0 Å². The second kappa shape index (κ2) is 10.0. The maximum atomic E-state index is 10.4. The van der Waals surface area contributed by atoms with Crippen molar-refractivity contribution in [2.24, 2.45) is 0 Å². The molecule has 0 saturated heterocycles. The van der Waals surface area contributed by atoms with Crippen molar-refractivity contribution in [2.75, 3.05) is 6.61 Å². The molecule has 0 aromatic heterocycles. The molecule has 18 heteroatoms. The zero-order valence-corrected chi connectivity index (χ0v) is 13.5. The molecule has 0 rings (SSSR count). The number of hydrogen-bond acceptors (Lipinski definition) is 10. The van der Waals surface area contributed by atoms with Gasteiger partial charge in [-0.2, -0.15) is 8.62 Å². The summed E-state index contributed by atoms with van der Waals surface area (Å²) in [7, 11) is -16.2. The van der Waals surface area contributed by atoms with Gasteiger partial charge in [0.2, 0.25) is 0 Å². The Bertz CT molecular complexity index is 463. The van der Waals surface area contributed by atoms with Crippen molar-refractivity contribution < 1.29 is 72.0 Å². The minimum Gasteiger partial charge on any atom is -0.394 e. The van der Waals surface area contributed by atoms with Crippen LogP contribution < -0.4 is 0 Å². The fourth-order valence-electron chi connectivity index (χ4n) is 0.700. The van der Waals surface area contributed by atoms with Crippen molar-refractivity contribution in [2.45, 2.75) is 18.3 Å². The van der Waals surface area contributed by atoms with E-state index < -0.39 is 48.4 Å². The van der Waals surface area contributed by atoms with E-state index in [9.17, 15) is 18.5 Å². The summed E-state index contributed by atoms with van der Waals surface area (Å²) in [5.74, 6) is 0. The third-order valence-corrected chi connectivity index (χ3v) is 4.84. The summed E-state index contributed by atoms with van der Waals surface area (Å²) in [4.78, 5) is 50.0. The predicted octanol–water partition coefficient (Wildman–Crippen LogP) is -3.43. The van der Waals surface area contributed by atoms with E-state index in [1.54, 1.807) is 0 Å². The fourth-order valence-corrected chi connectivity index (χ4v) is 3.24. The minimum atomic E-state index is -5.46. The van der Waals surface area contributed by atoms with Crippen LogP contribution in [0.4, 0.5) is 0 Å². The number of aldehydes is 1. The maximum Gasteiger partial charge on any atom is 0.490 e. The first-order valence-electron chi connectivity index (χ1n) is 5.01. The predicted molar refractivity (Wildman–Crippen MR) is 67.3 cm³/mol. The van der Waals surface area contributed by atoms with Crippen LogP contribution in [0.2, 0.25) is 0 Å². The summed E-state index contributed by atoms with van der Waals surface area (Å²) in [5.41, 5.74) is 0. The Kier molecular flexibility index (Phi) is 11.0. The lowest BCUT2D eigenvalue weighted by molar-refractivity contribution is -0.127. The maximum absolute atomic E-state index is 10.4. The van der Waals surface area contributed by atoms with Crippen molar-refractivity contribution in [3.63, 3.8) is 0 Å². The molecule has 0 saturated carbocycles. The Morgan fingerprint density at radius 2 is 1.22 bits per heavy atom. The van der Waals surface area contributed by atoms with Crippen LogP contribution in [0.15, 0.2) is 0 Å². The molecule has 23 heavy (non-hydrogen) atoms. The van der Waals surface area contributed by atoms with Crippen LogP contribution in [0, 0.1) is 0 Å². The van der Waals surface area contributed by atoms with E-state index in [0.717, 1.165) is 0 Å². The Labute approximate surface area is 127 Å². The quantitative estimate of drug-likeness (QED) is 0.140. The number of aliphatic hydroxyl groups is 4. The van der Waals surface area contributed by atoms with E-state index in [1.807, 2.05) is 0 Å². The highest BCUT2D eigenvalue weighted by molar-refractivity contribution is 7.66. The molecule has 9 N–H and O–H groups in total. The van der Waals surface area contributed by atoms with Gasteiger partial charge in [-0.05, 0) is 0 Å². The van der Waals surface area contributed by atoms with Crippen molar-refractivity contribution in [3.8, 4) is 0 Å². The zero-order chi connectivity index (χ0) is 19.1. The van der Waals surface area contributed by atoms with Gasteiger partial charge in [0.05, 0.1) is 6.61 Å². The van der Waals surface area contributed by atoms with E-state index in [1.165, 1.54) is 0 Å². The first-order chi connectivity index (χ1) is 10.0. The van der Waals surface area contributed by atoms with Gasteiger partial charge in [0.25, 0.3) is 0 Å². The van der Waals surface area contributed by atoms with Gasteiger partial charge in [0.1, 0.15) is 18.3 Å². The standard InChI is InChI=1S/C5H10O5.H5O10P3/c6-1-3(8)5(10)4(9)2-7;1-11(2,3)9-13(7,8)10-12(4,5)6/h1,3-5,7-10H,2H2;(H,7,8)(H2,1,2,3)(H2,4,5,6). The molecule has 0 heterocycles. The molecular weight excluding hydrogens is 393 g/mol. The molecule has 0 aromatic carbocycles. The van der Waals surface area contributed by atoms with Gasteiger partial charge in [0.15, 0.2) is 6.29 Å². The highest BCUT2D eigenvalue weighted by Crippen LogP contribution is 2.64. The molecule has 0 aliphatic heterocycles. The van der Waals surface area contributed by atoms with Gasteiger partial charge >= 0.3 is 23.5 Å². The molecule has 3 unspecified atom stereocenters. The molecular formula is C5H15O15P3. The average Bonchev–Trinajstić information content (AvgIpc) is 2.30. The van der Waals surface area contributed by atoms with E-state index in [4.69, 9.17) is 44.9 Å². The van der Waals surface area contributed by atoms with Crippen molar-refractivity contribution in [1.82, 2.24) is 0 Å². The molecule has 140 valence electrons. The molecule has 3 atom stereocenters. The summed E-state index contributed by atoms with van der Waals surface area (Å²) < 4.78 is 36.4. The van der Waals surface area contributed by atoms with Crippen molar-refractivity contribution >= 4 is 29.8 Å². The summed E-state index contributed by atoms with van der Waals surface area (Å²) in [5, 5.41) is 34.1. The lowest BCUT2D eigenvalue weighted by atomic mass is 10.1. The molecule has 0 fully saturated rings. The topological polar surface area (TPSA) is 269 Å². The summed E-state index contributed by atoms with van der Waals surface area (Å²) >= 11 is 0. The molecule has 15 nitrogen and oxygen atoms in total. The van der Waals surface area contributed by atoms with Crippen LogP contribution in [0.5, 0.6) is 0 Å². The zero-order valence-electron chi connectivity index (χ0n) is 10.8. The van der Waals surface area contributed by atoms with Crippen LogP contribution in [-0.4, -0.2) is 76.1 Å². The lowest BCUT2D eigenvalue weighted by Gasteiger charge is -2.16. The van der Waals surface area contributed by atoms with Crippen LogP contribution in [0.3, 0.4) is 0 Å². The van der Waals surface area contributed by atoms with Crippen LogP contribution in [0.1, 0.15) is 0 Å². The first kappa shape index (κ1) is 25.2. The monoisotopic (exact) mass is 408 g/mol. The van der Waals surface area contributed by atoms with Gasteiger partial charge < -0.3 is 49.7 Å². The number of hydrogen-bond donors (Lipinski definition) is 9. The highest BCUT2D eigenvalue weighted by atomic mass is 31.3. The smallest absolute Gasteiger partial charge is 0.394 e. The molecule has 0 aliphatic carbocycles. The minimum absolute atomic E-state index is 0.0869. The molecule has 0 bridgehead atoms. The van der Waals surface area contributed by atoms with Crippen LogP contribution >= 0.6 is 23.5 Å². The number of phosphoric acid groups is 3. The summed E-state index contributed by atoms with van der Waals surface area (Å²) in [6, 6.07) is 0. The lowest BCUT2D eigenvalue weighted by Crippen LogP contribution is -2.40. The third-order valence-electron chi connectivity index (χ3n) is 1.49. The van der Waals surface area contributed by atoms with Gasteiger partial charge in [-0.1, -0.05) is 0 Å². The summed E-state index contributed by atoms with van der Waals surface area (Å²) in [6.45, 7) is -0.688. The number of carbonyl (C=O) groups excluding carboxylic acids is 1. The Morgan fingerprint density at radius 1 is 0.870 bits per heavy atom. The highest BCUT2D eigenvalue weighted by Gasteiger charge is 2.38. The molecule has 0 aromatic rings. The number of carbonyl (C=O) groups is 1. The van der Waals surface area contributed by atoms with Crippen molar-refractivity contribution in [3.05, 3.63) is 0 Å². The largest absolute Gasteiger partial charge is 0.490 e. The molecule has 0 radical (unpaired) electrons. The third kappa shape index (κ3) is 15.2. The molecule has 0 amide bonds. The van der Waals surface area contributed by atoms with Gasteiger partial charge in [-0.15, -0.1) is 0 Å². The normalized spacial score (nSPS) is 16.7. The average molecular weight is 408 g/mol. The van der Waals surface area contributed by atoms with Crippen LogP contribution in [-0.2, 0) is 27.1 Å². The number of aliphatic hydroxyl groups excluding tert-OH is 4. The van der Waals surface area contributed by atoms with Gasteiger partial charge in [-0.25, -0.2) is 13.7 Å².